The summed E-state index contributed by atoms with van der Waals surface area (Å²) in [7, 11) is 0. The van der Waals surface area contributed by atoms with Gasteiger partial charge < -0.3 is 15.8 Å². The lowest BCUT2D eigenvalue weighted by Gasteiger charge is -2.11. The topological polar surface area (TPSA) is 77.2 Å². The van der Waals surface area contributed by atoms with Crippen molar-refractivity contribution in [2.75, 3.05) is 18.9 Å². The van der Waals surface area contributed by atoms with Gasteiger partial charge in [-0.05, 0) is 25.0 Å². The Morgan fingerprint density at radius 3 is 3.10 bits per heavy atom. The standard InChI is InChI=1S/C15H17N3O2/c16-13-5-1-4-12-11(13)6-7-17-14(12)15(19)18-9-10-3-2-8-20-10/h1,4-7,10H,2-3,8-9,16H2,(H,18,19). The molecular formula is C15H17N3O2. The highest BCUT2D eigenvalue weighted by atomic mass is 16.5. The van der Waals surface area contributed by atoms with E-state index in [2.05, 4.69) is 10.3 Å². The molecule has 0 spiro atoms. The fourth-order valence-electron chi connectivity index (χ4n) is 2.51. The number of ether oxygens (including phenoxy) is 1. The van der Waals surface area contributed by atoms with E-state index in [1.165, 1.54) is 0 Å². The van der Waals surface area contributed by atoms with Gasteiger partial charge in [-0.15, -0.1) is 0 Å². The predicted molar refractivity (Wildman–Crippen MR) is 77.5 cm³/mol. The van der Waals surface area contributed by atoms with Crippen LogP contribution in [-0.4, -0.2) is 30.1 Å². The zero-order valence-electron chi connectivity index (χ0n) is 11.1. The summed E-state index contributed by atoms with van der Waals surface area (Å²) in [6.07, 6.45) is 3.79. The Kier molecular flexibility index (Phi) is 3.52. The normalized spacial score (nSPS) is 18.3. The SMILES string of the molecule is Nc1cccc2c(C(=O)NCC3CCCO3)nccc12. The molecule has 1 saturated heterocycles. The second kappa shape index (κ2) is 5.46. The molecule has 0 bridgehead atoms. The summed E-state index contributed by atoms with van der Waals surface area (Å²) in [6.45, 7) is 1.31. The third kappa shape index (κ3) is 2.44. The van der Waals surface area contributed by atoms with Crippen molar-refractivity contribution in [1.82, 2.24) is 10.3 Å². The second-order valence-corrected chi connectivity index (χ2v) is 4.95. The Balaban J connectivity index is 1.82. The number of hydrogen-bond acceptors (Lipinski definition) is 4. The van der Waals surface area contributed by atoms with Crippen molar-refractivity contribution in [2.24, 2.45) is 0 Å². The molecule has 1 aliphatic heterocycles. The van der Waals surface area contributed by atoms with Crippen LogP contribution in [0.3, 0.4) is 0 Å². The Morgan fingerprint density at radius 2 is 2.30 bits per heavy atom. The Morgan fingerprint density at radius 1 is 1.40 bits per heavy atom. The van der Waals surface area contributed by atoms with Crippen LogP contribution < -0.4 is 11.1 Å². The molecule has 1 aliphatic rings. The van der Waals surface area contributed by atoms with E-state index in [0.717, 1.165) is 30.2 Å². The van der Waals surface area contributed by atoms with Gasteiger partial charge in [-0.1, -0.05) is 12.1 Å². The monoisotopic (exact) mass is 271 g/mol. The average molecular weight is 271 g/mol. The molecule has 104 valence electrons. The van der Waals surface area contributed by atoms with E-state index >= 15 is 0 Å². The van der Waals surface area contributed by atoms with E-state index in [9.17, 15) is 4.79 Å². The number of carbonyl (C=O) groups is 1. The zero-order chi connectivity index (χ0) is 13.9. The van der Waals surface area contributed by atoms with Crippen molar-refractivity contribution < 1.29 is 9.53 Å². The molecule has 3 N–H and O–H groups in total. The largest absolute Gasteiger partial charge is 0.398 e. The van der Waals surface area contributed by atoms with E-state index in [1.54, 1.807) is 6.20 Å². The predicted octanol–water partition coefficient (Wildman–Crippen LogP) is 1.73. The van der Waals surface area contributed by atoms with Crippen molar-refractivity contribution in [3.63, 3.8) is 0 Å². The van der Waals surface area contributed by atoms with Crippen molar-refractivity contribution in [3.05, 3.63) is 36.2 Å². The molecule has 1 atom stereocenters. The van der Waals surface area contributed by atoms with E-state index in [1.807, 2.05) is 24.3 Å². The fraction of sp³-hybridized carbons (Fsp3) is 0.333. The van der Waals surface area contributed by atoms with Crippen LogP contribution in [0.25, 0.3) is 10.8 Å². The first-order chi connectivity index (χ1) is 9.75. The number of nitrogen functional groups attached to an aromatic ring is 1. The maximum atomic E-state index is 12.3. The van der Waals surface area contributed by atoms with Crippen LogP contribution in [0.5, 0.6) is 0 Å². The molecule has 1 aromatic carbocycles. The maximum Gasteiger partial charge on any atom is 0.270 e. The van der Waals surface area contributed by atoms with Gasteiger partial charge in [-0.3, -0.25) is 9.78 Å². The Labute approximate surface area is 117 Å². The quantitative estimate of drug-likeness (QED) is 0.833. The fourth-order valence-corrected chi connectivity index (χ4v) is 2.51. The highest BCUT2D eigenvalue weighted by Gasteiger charge is 2.18. The van der Waals surface area contributed by atoms with Gasteiger partial charge in [-0.2, -0.15) is 0 Å². The second-order valence-electron chi connectivity index (χ2n) is 4.95. The van der Waals surface area contributed by atoms with E-state index in [-0.39, 0.29) is 12.0 Å². The molecule has 1 aromatic heterocycles. The molecule has 2 heterocycles. The highest BCUT2D eigenvalue weighted by Crippen LogP contribution is 2.22. The number of nitrogens with two attached hydrogens (primary N) is 1. The third-order valence-electron chi connectivity index (χ3n) is 3.57. The summed E-state index contributed by atoms with van der Waals surface area (Å²) in [5, 5.41) is 4.51. The van der Waals surface area contributed by atoms with Gasteiger partial charge >= 0.3 is 0 Å². The van der Waals surface area contributed by atoms with Crippen LogP contribution in [0.15, 0.2) is 30.5 Å². The summed E-state index contributed by atoms with van der Waals surface area (Å²) in [4.78, 5) is 16.4. The number of carbonyl (C=O) groups excluding carboxylic acids is 1. The van der Waals surface area contributed by atoms with Crippen LogP contribution in [-0.2, 0) is 4.74 Å². The summed E-state index contributed by atoms with van der Waals surface area (Å²) in [5.74, 6) is -0.184. The number of hydrogen-bond donors (Lipinski definition) is 2. The van der Waals surface area contributed by atoms with Crippen LogP contribution in [0.2, 0.25) is 0 Å². The van der Waals surface area contributed by atoms with Crippen LogP contribution in [0, 0.1) is 0 Å². The molecule has 1 unspecified atom stereocenters. The lowest BCUT2D eigenvalue weighted by atomic mass is 10.1. The first-order valence-corrected chi connectivity index (χ1v) is 6.79. The summed E-state index contributed by atoms with van der Waals surface area (Å²) >= 11 is 0. The first kappa shape index (κ1) is 12.9. The van der Waals surface area contributed by atoms with Crippen molar-refractivity contribution in [1.29, 1.82) is 0 Å². The molecule has 0 aliphatic carbocycles. The summed E-state index contributed by atoms with van der Waals surface area (Å²) in [6, 6.07) is 7.33. The van der Waals surface area contributed by atoms with Crippen LogP contribution >= 0.6 is 0 Å². The number of anilines is 1. The number of amides is 1. The molecule has 0 saturated carbocycles. The first-order valence-electron chi connectivity index (χ1n) is 6.79. The number of aromatic nitrogens is 1. The van der Waals surface area contributed by atoms with Gasteiger partial charge in [0, 0.05) is 35.8 Å². The van der Waals surface area contributed by atoms with E-state index in [4.69, 9.17) is 10.5 Å². The molecular weight excluding hydrogens is 254 g/mol. The molecule has 20 heavy (non-hydrogen) atoms. The molecule has 5 nitrogen and oxygen atoms in total. The lowest BCUT2D eigenvalue weighted by molar-refractivity contribution is 0.0855. The molecule has 1 amide bonds. The lowest BCUT2D eigenvalue weighted by Crippen LogP contribution is -2.32. The average Bonchev–Trinajstić information content (AvgIpc) is 2.98. The van der Waals surface area contributed by atoms with Gasteiger partial charge in [0.1, 0.15) is 5.69 Å². The third-order valence-corrected chi connectivity index (χ3v) is 3.57. The molecule has 1 fully saturated rings. The van der Waals surface area contributed by atoms with Gasteiger partial charge in [0.05, 0.1) is 6.10 Å². The Bertz CT molecular complexity index is 636. The van der Waals surface area contributed by atoms with Gasteiger partial charge in [-0.25, -0.2) is 0 Å². The van der Waals surface area contributed by atoms with Gasteiger partial charge in [0.2, 0.25) is 0 Å². The van der Waals surface area contributed by atoms with Crippen LogP contribution in [0.1, 0.15) is 23.3 Å². The molecule has 2 aromatic rings. The maximum absolute atomic E-state index is 12.3. The molecule has 3 rings (SSSR count). The minimum absolute atomic E-state index is 0.124. The number of fused-ring (bicyclic) bond motifs is 1. The van der Waals surface area contributed by atoms with E-state index in [0.29, 0.717) is 17.9 Å². The Hall–Kier alpha value is -2.14. The minimum Gasteiger partial charge on any atom is -0.398 e. The van der Waals surface area contributed by atoms with Gasteiger partial charge in [0.25, 0.3) is 5.91 Å². The minimum atomic E-state index is -0.184. The number of nitrogens with one attached hydrogen (secondary N) is 1. The summed E-state index contributed by atoms with van der Waals surface area (Å²) in [5.41, 5.74) is 6.98. The van der Waals surface area contributed by atoms with Crippen molar-refractivity contribution in [3.8, 4) is 0 Å². The number of benzene rings is 1. The number of nitrogens with zero attached hydrogens (tertiary/aromatic N) is 1. The molecule has 5 heteroatoms. The van der Waals surface area contributed by atoms with Gasteiger partial charge in [0.15, 0.2) is 0 Å². The van der Waals surface area contributed by atoms with Crippen molar-refractivity contribution in [2.45, 2.75) is 18.9 Å². The zero-order valence-corrected chi connectivity index (χ0v) is 11.1. The van der Waals surface area contributed by atoms with Crippen LogP contribution in [0.4, 0.5) is 5.69 Å². The molecule has 0 radical (unpaired) electrons. The number of pyridine rings is 1. The number of rotatable bonds is 3. The highest BCUT2D eigenvalue weighted by molar-refractivity contribution is 6.07. The summed E-state index contributed by atoms with van der Waals surface area (Å²) < 4.78 is 5.49. The van der Waals surface area contributed by atoms with E-state index < -0.39 is 0 Å². The van der Waals surface area contributed by atoms with Crippen molar-refractivity contribution >= 4 is 22.4 Å². The smallest absolute Gasteiger partial charge is 0.270 e.